The molecule has 2 aromatic carbocycles. The van der Waals surface area contributed by atoms with Crippen molar-refractivity contribution in [2.24, 2.45) is 0 Å². The maximum absolute atomic E-state index is 12.4. The van der Waals surface area contributed by atoms with E-state index in [-0.39, 0.29) is 11.9 Å². The number of aryl methyl sites for hydroxylation is 1. The maximum Gasteiger partial charge on any atom is 0.252 e. The van der Waals surface area contributed by atoms with Gasteiger partial charge in [0.25, 0.3) is 5.91 Å². The van der Waals surface area contributed by atoms with Gasteiger partial charge in [0.2, 0.25) is 0 Å². The van der Waals surface area contributed by atoms with Crippen LogP contribution in [-0.2, 0) is 0 Å². The molecule has 0 saturated heterocycles. The molecule has 2 aromatic rings. The second-order valence-corrected chi connectivity index (χ2v) is 6.61. The van der Waals surface area contributed by atoms with Crippen molar-refractivity contribution >= 4 is 23.4 Å². The van der Waals surface area contributed by atoms with Crippen molar-refractivity contribution in [3.05, 3.63) is 59.2 Å². The highest BCUT2D eigenvalue weighted by Gasteiger charge is 2.13. The molecule has 1 atom stereocenters. The van der Waals surface area contributed by atoms with Gasteiger partial charge in [-0.1, -0.05) is 25.1 Å². The number of nitrogens with two attached hydrogens (primary N) is 1. The van der Waals surface area contributed by atoms with E-state index in [0.717, 1.165) is 16.9 Å². The summed E-state index contributed by atoms with van der Waals surface area (Å²) in [5.74, 6) is 0.963. The Bertz CT molecular complexity index is 653. The Morgan fingerprint density at radius 3 is 2.55 bits per heavy atom. The van der Waals surface area contributed by atoms with Crippen LogP contribution >= 0.6 is 11.8 Å². The first-order valence-electron chi connectivity index (χ1n) is 7.41. The van der Waals surface area contributed by atoms with Crippen LogP contribution < -0.4 is 11.1 Å². The minimum Gasteiger partial charge on any atom is -0.399 e. The van der Waals surface area contributed by atoms with Crippen molar-refractivity contribution < 1.29 is 4.79 Å². The summed E-state index contributed by atoms with van der Waals surface area (Å²) in [6, 6.07) is 13.7. The zero-order chi connectivity index (χ0) is 16.1. The third-order valence-electron chi connectivity index (χ3n) is 3.54. The number of nitrogen functional groups attached to an aromatic ring is 1. The van der Waals surface area contributed by atoms with Crippen LogP contribution in [0.3, 0.4) is 0 Å². The van der Waals surface area contributed by atoms with Gasteiger partial charge < -0.3 is 11.1 Å². The van der Waals surface area contributed by atoms with Gasteiger partial charge >= 0.3 is 0 Å². The molecule has 0 heterocycles. The Balaban J connectivity index is 2.09. The van der Waals surface area contributed by atoms with E-state index in [1.54, 1.807) is 12.1 Å². The van der Waals surface area contributed by atoms with Gasteiger partial charge in [-0.25, -0.2) is 0 Å². The van der Waals surface area contributed by atoms with Gasteiger partial charge in [0, 0.05) is 16.1 Å². The van der Waals surface area contributed by atoms with E-state index in [1.165, 1.54) is 4.90 Å². The predicted molar refractivity (Wildman–Crippen MR) is 94.3 cm³/mol. The minimum absolute atomic E-state index is 0.0472. The molecule has 2 rings (SSSR count). The van der Waals surface area contributed by atoms with Gasteiger partial charge in [-0.15, -0.1) is 11.8 Å². The molecule has 22 heavy (non-hydrogen) atoms. The smallest absolute Gasteiger partial charge is 0.252 e. The number of hydrogen-bond donors (Lipinski definition) is 2. The highest BCUT2D eigenvalue weighted by Crippen LogP contribution is 2.21. The third kappa shape index (κ3) is 4.04. The molecule has 0 spiro atoms. The summed E-state index contributed by atoms with van der Waals surface area (Å²) in [5.41, 5.74) is 9.02. The topological polar surface area (TPSA) is 55.1 Å². The molecule has 3 N–H and O–H groups in total. The molecule has 0 bridgehead atoms. The Hall–Kier alpha value is -1.94. The molecular weight excluding hydrogens is 292 g/mol. The summed E-state index contributed by atoms with van der Waals surface area (Å²) in [4.78, 5) is 13.6. The van der Waals surface area contributed by atoms with Gasteiger partial charge in [-0.05, 0) is 55.0 Å². The van der Waals surface area contributed by atoms with Gasteiger partial charge in [-0.2, -0.15) is 0 Å². The van der Waals surface area contributed by atoms with Crippen LogP contribution in [0.5, 0.6) is 0 Å². The average Bonchev–Trinajstić information content (AvgIpc) is 2.50. The molecule has 0 saturated carbocycles. The Labute approximate surface area is 136 Å². The van der Waals surface area contributed by atoms with E-state index >= 15 is 0 Å². The first kappa shape index (κ1) is 16.4. The standard InChI is InChI=1S/C18H22N2OS/c1-4-22-16-9-6-14(7-10-16)13(3)20-18(21)17-11-15(19)8-5-12(17)2/h5-11,13H,4,19H2,1-3H3,(H,20,21). The number of anilines is 1. The van der Waals surface area contributed by atoms with Crippen LogP contribution in [0.25, 0.3) is 0 Å². The van der Waals surface area contributed by atoms with E-state index in [0.29, 0.717) is 11.3 Å². The zero-order valence-electron chi connectivity index (χ0n) is 13.2. The van der Waals surface area contributed by atoms with Gasteiger partial charge in [0.05, 0.1) is 6.04 Å². The van der Waals surface area contributed by atoms with Crippen LogP contribution in [0.15, 0.2) is 47.4 Å². The number of carbonyl (C=O) groups excluding carboxylic acids is 1. The third-order valence-corrected chi connectivity index (χ3v) is 4.44. The van der Waals surface area contributed by atoms with E-state index in [1.807, 2.05) is 31.7 Å². The number of amides is 1. The quantitative estimate of drug-likeness (QED) is 0.643. The molecule has 0 radical (unpaired) electrons. The van der Waals surface area contributed by atoms with E-state index in [9.17, 15) is 4.79 Å². The van der Waals surface area contributed by atoms with Crippen molar-refractivity contribution in [3.8, 4) is 0 Å². The van der Waals surface area contributed by atoms with Gasteiger partial charge in [0.15, 0.2) is 0 Å². The maximum atomic E-state index is 12.4. The minimum atomic E-state index is -0.0932. The molecule has 0 aliphatic rings. The number of rotatable bonds is 5. The average molecular weight is 314 g/mol. The molecule has 1 amide bonds. The largest absolute Gasteiger partial charge is 0.399 e. The second-order valence-electron chi connectivity index (χ2n) is 5.27. The fourth-order valence-electron chi connectivity index (χ4n) is 2.26. The number of nitrogens with one attached hydrogen (secondary N) is 1. The summed E-state index contributed by atoms with van der Waals surface area (Å²) in [5, 5.41) is 3.03. The van der Waals surface area contributed by atoms with Crippen LogP contribution in [-0.4, -0.2) is 11.7 Å². The number of benzene rings is 2. The molecule has 3 nitrogen and oxygen atoms in total. The van der Waals surface area contributed by atoms with E-state index in [2.05, 4.69) is 36.5 Å². The molecule has 116 valence electrons. The normalized spacial score (nSPS) is 12.0. The van der Waals surface area contributed by atoms with Crippen LogP contribution in [0.4, 0.5) is 5.69 Å². The summed E-state index contributed by atoms with van der Waals surface area (Å²) >= 11 is 1.81. The Kier molecular flexibility index (Phi) is 5.50. The van der Waals surface area contributed by atoms with E-state index in [4.69, 9.17) is 5.73 Å². The number of thioether (sulfide) groups is 1. The fraction of sp³-hybridized carbons (Fsp3) is 0.278. The van der Waals surface area contributed by atoms with Crippen molar-refractivity contribution in [1.82, 2.24) is 5.32 Å². The van der Waals surface area contributed by atoms with Gasteiger partial charge in [0.1, 0.15) is 0 Å². The summed E-state index contributed by atoms with van der Waals surface area (Å²) in [6.07, 6.45) is 0. The summed E-state index contributed by atoms with van der Waals surface area (Å²) in [6.45, 7) is 6.03. The SMILES string of the molecule is CCSc1ccc(C(C)NC(=O)c2cc(N)ccc2C)cc1. The molecule has 0 fully saturated rings. The lowest BCUT2D eigenvalue weighted by Gasteiger charge is -2.16. The number of hydrogen-bond acceptors (Lipinski definition) is 3. The molecule has 0 aliphatic heterocycles. The van der Waals surface area contributed by atoms with E-state index < -0.39 is 0 Å². The zero-order valence-corrected chi connectivity index (χ0v) is 14.0. The van der Waals surface area contributed by atoms with Crippen LogP contribution in [0.2, 0.25) is 0 Å². The van der Waals surface area contributed by atoms with Crippen LogP contribution in [0.1, 0.15) is 41.4 Å². The second kappa shape index (κ2) is 7.36. The monoisotopic (exact) mass is 314 g/mol. The molecular formula is C18H22N2OS. The first-order chi connectivity index (χ1) is 10.5. The Morgan fingerprint density at radius 1 is 1.23 bits per heavy atom. The Morgan fingerprint density at radius 2 is 1.91 bits per heavy atom. The van der Waals surface area contributed by atoms with Gasteiger partial charge in [-0.3, -0.25) is 4.79 Å². The lowest BCUT2D eigenvalue weighted by Crippen LogP contribution is -2.27. The lowest BCUT2D eigenvalue weighted by atomic mass is 10.1. The van der Waals surface area contributed by atoms with Crippen molar-refractivity contribution in [2.75, 3.05) is 11.5 Å². The fourth-order valence-corrected chi connectivity index (χ4v) is 2.92. The van der Waals surface area contributed by atoms with Crippen molar-refractivity contribution in [2.45, 2.75) is 31.7 Å². The predicted octanol–water partition coefficient (Wildman–Crippen LogP) is 4.18. The van der Waals surface area contributed by atoms with Crippen molar-refractivity contribution in [3.63, 3.8) is 0 Å². The highest BCUT2D eigenvalue weighted by atomic mass is 32.2. The van der Waals surface area contributed by atoms with Crippen LogP contribution in [0, 0.1) is 6.92 Å². The molecule has 0 aliphatic carbocycles. The molecule has 0 aromatic heterocycles. The summed E-state index contributed by atoms with van der Waals surface area (Å²) in [7, 11) is 0. The lowest BCUT2D eigenvalue weighted by molar-refractivity contribution is 0.0939. The first-order valence-corrected chi connectivity index (χ1v) is 8.39. The molecule has 1 unspecified atom stereocenters. The van der Waals surface area contributed by atoms with Crippen molar-refractivity contribution in [1.29, 1.82) is 0 Å². The number of carbonyl (C=O) groups is 1. The highest BCUT2D eigenvalue weighted by molar-refractivity contribution is 7.99. The molecule has 4 heteroatoms. The summed E-state index contributed by atoms with van der Waals surface area (Å²) < 4.78 is 0.